The van der Waals surface area contributed by atoms with Gasteiger partial charge in [-0.15, -0.1) is 11.3 Å². The molecule has 0 bridgehead atoms. The SMILES string of the molecule is CCOP(=O)(Cc1csc(NC(=O)c2cc(CCc3ccccc3)nn2-c2ccc(S(C)(=O)=O)cc2)n1)OCC. The average Bonchev–Trinajstić information content (AvgIpc) is 3.54. The predicted molar refractivity (Wildman–Crippen MR) is 155 cm³/mol. The monoisotopic (exact) mass is 602 g/mol. The smallest absolute Gasteiger partial charge is 0.309 e. The maximum atomic E-state index is 13.4. The summed E-state index contributed by atoms with van der Waals surface area (Å²) in [6.45, 7) is 3.97. The van der Waals surface area contributed by atoms with E-state index < -0.39 is 23.3 Å². The number of anilines is 1. The Bertz CT molecular complexity index is 1590. The van der Waals surface area contributed by atoms with Crippen molar-refractivity contribution in [3.8, 4) is 5.69 Å². The zero-order chi connectivity index (χ0) is 28.8. The van der Waals surface area contributed by atoms with Gasteiger partial charge < -0.3 is 9.05 Å². The summed E-state index contributed by atoms with van der Waals surface area (Å²) in [5.74, 6) is -0.440. The van der Waals surface area contributed by atoms with Gasteiger partial charge in [-0.05, 0) is 62.6 Å². The number of aryl methyl sites for hydroxylation is 2. The summed E-state index contributed by atoms with van der Waals surface area (Å²) < 4.78 is 48.9. The molecule has 1 N–H and O–H groups in total. The summed E-state index contributed by atoms with van der Waals surface area (Å²) in [5, 5.41) is 9.49. The fourth-order valence-corrected chi connectivity index (χ4v) is 7.04. The van der Waals surface area contributed by atoms with Crippen LogP contribution in [0.1, 0.15) is 41.3 Å². The molecule has 2 heterocycles. The number of nitrogens with zero attached hydrogens (tertiary/aromatic N) is 3. The number of aromatic nitrogens is 3. The molecule has 0 atom stereocenters. The standard InChI is InChI=1S/C27H31N4O6PS2/c1-4-36-38(33,37-5-2)18-22-19-39-27(28-22)29-26(32)25-17-21(12-11-20-9-7-6-8-10-20)30-31(25)23-13-15-24(16-14-23)40(3,34)35/h6-10,13-17,19H,4-5,11-12,18H2,1-3H3,(H,28,29,32). The number of rotatable bonds is 13. The van der Waals surface area contributed by atoms with Gasteiger partial charge in [0, 0.05) is 11.6 Å². The zero-order valence-corrected chi connectivity index (χ0v) is 25.0. The third-order valence-electron chi connectivity index (χ3n) is 5.79. The van der Waals surface area contributed by atoms with E-state index in [2.05, 4.69) is 15.4 Å². The van der Waals surface area contributed by atoms with Crippen molar-refractivity contribution in [3.63, 3.8) is 0 Å². The molecule has 0 radical (unpaired) electrons. The lowest BCUT2D eigenvalue weighted by atomic mass is 10.1. The van der Waals surface area contributed by atoms with Crippen LogP contribution in [-0.4, -0.2) is 48.6 Å². The first-order chi connectivity index (χ1) is 19.1. The zero-order valence-electron chi connectivity index (χ0n) is 22.4. The summed E-state index contributed by atoms with van der Waals surface area (Å²) in [5.41, 5.74) is 3.14. The van der Waals surface area contributed by atoms with E-state index in [0.717, 1.165) is 18.2 Å². The van der Waals surface area contributed by atoms with E-state index in [1.54, 1.807) is 37.4 Å². The Balaban J connectivity index is 1.58. The maximum Gasteiger partial charge on any atom is 0.336 e. The van der Waals surface area contributed by atoms with Crippen molar-refractivity contribution in [1.29, 1.82) is 0 Å². The van der Waals surface area contributed by atoms with Crippen LogP contribution in [0, 0.1) is 0 Å². The van der Waals surface area contributed by atoms with Crippen LogP contribution in [0.3, 0.4) is 0 Å². The number of hydrogen-bond donors (Lipinski definition) is 1. The van der Waals surface area contributed by atoms with Crippen molar-refractivity contribution in [2.24, 2.45) is 0 Å². The molecule has 0 fully saturated rings. The van der Waals surface area contributed by atoms with Gasteiger partial charge in [-0.1, -0.05) is 30.3 Å². The van der Waals surface area contributed by atoms with Crippen molar-refractivity contribution in [2.45, 2.75) is 37.7 Å². The first-order valence-corrected chi connectivity index (χ1v) is 17.2. The number of nitrogens with one attached hydrogen (secondary N) is 1. The highest BCUT2D eigenvalue weighted by Crippen LogP contribution is 2.51. The van der Waals surface area contributed by atoms with Gasteiger partial charge in [-0.2, -0.15) is 5.10 Å². The minimum absolute atomic E-state index is 0.00466. The molecule has 4 aromatic rings. The van der Waals surface area contributed by atoms with E-state index in [-0.39, 0.29) is 30.0 Å². The molecule has 10 nitrogen and oxygen atoms in total. The predicted octanol–water partition coefficient (Wildman–Crippen LogP) is 5.54. The van der Waals surface area contributed by atoms with E-state index in [1.807, 2.05) is 30.3 Å². The molecule has 0 aliphatic carbocycles. The van der Waals surface area contributed by atoms with Crippen LogP contribution in [0.15, 0.2) is 70.9 Å². The van der Waals surface area contributed by atoms with Crippen molar-refractivity contribution in [3.05, 3.63) is 88.7 Å². The topological polar surface area (TPSA) is 129 Å². The average molecular weight is 603 g/mol. The quantitative estimate of drug-likeness (QED) is 0.198. The van der Waals surface area contributed by atoms with Crippen LogP contribution >= 0.6 is 18.9 Å². The number of thiazole rings is 1. The molecule has 1 amide bonds. The molecule has 40 heavy (non-hydrogen) atoms. The first kappa shape index (κ1) is 29.8. The van der Waals surface area contributed by atoms with Crippen LogP contribution in [0.25, 0.3) is 5.69 Å². The Labute approximate surface area is 237 Å². The van der Waals surface area contributed by atoms with Gasteiger partial charge in [0.2, 0.25) is 0 Å². The second kappa shape index (κ2) is 13.0. The molecular formula is C27H31N4O6PS2. The highest BCUT2D eigenvalue weighted by Gasteiger charge is 2.26. The normalized spacial score (nSPS) is 12.0. The molecule has 0 saturated heterocycles. The molecule has 2 aromatic carbocycles. The molecule has 212 valence electrons. The second-order valence-electron chi connectivity index (χ2n) is 8.89. The van der Waals surface area contributed by atoms with Gasteiger partial charge in [0.25, 0.3) is 5.91 Å². The van der Waals surface area contributed by atoms with Gasteiger partial charge in [0.05, 0.1) is 41.3 Å². The van der Waals surface area contributed by atoms with Crippen LogP contribution in [0.2, 0.25) is 0 Å². The number of amides is 1. The molecule has 13 heteroatoms. The van der Waals surface area contributed by atoms with E-state index in [9.17, 15) is 17.8 Å². The lowest BCUT2D eigenvalue weighted by Gasteiger charge is -2.15. The van der Waals surface area contributed by atoms with Crippen molar-refractivity contribution in [1.82, 2.24) is 14.8 Å². The number of carbonyl (C=O) groups is 1. The van der Waals surface area contributed by atoms with Crippen molar-refractivity contribution >= 4 is 39.8 Å². The largest absolute Gasteiger partial charge is 0.336 e. The Hall–Kier alpha value is -3.15. The molecule has 2 aromatic heterocycles. The molecule has 0 aliphatic heterocycles. The van der Waals surface area contributed by atoms with Gasteiger partial charge in [-0.25, -0.2) is 18.1 Å². The fourth-order valence-electron chi connectivity index (χ4n) is 3.98. The molecule has 0 unspecified atom stereocenters. The Morgan fingerprint density at radius 1 is 1.00 bits per heavy atom. The summed E-state index contributed by atoms with van der Waals surface area (Å²) in [6.07, 6.45) is 2.47. The van der Waals surface area contributed by atoms with E-state index in [1.165, 1.54) is 28.2 Å². The van der Waals surface area contributed by atoms with Gasteiger partial charge in [0.1, 0.15) is 5.69 Å². The fraction of sp³-hybridized carbons (Fsp3) is 0.296. The second-order valence-corrected chi connectivity index (χ2v) is 13.8. The van der Waals surface area contributed by atoms with Gasteiger partial charge in [-0.3, -0.25) is 14.7 Å². The van der Waals surface area contributed by atoms with E-state index in [4.69, 9.17) is 9.05 Å². The van der Waals surface area contributed by atoms with Crippen LogP contribution in [0.4, 0.5) is 5.13 Å². The minimum atomic E-state index is -3.38. The van der Waals surface area contributed by atoms with E-state index >= 15 is 0 Å². The Kier molecular flexibility index (Phi) is 9.70. The number of hydrogen-bond acceptors (Lipinski definition) is 9. The Morgan fingerprint density at radius 3 is 2.30 bits per heavy atom. The molecular weight excluding hydrogens is 571 g/mol. The molecule has 0 saturated carbocycles. The summed E-state index contributed by atoms with van der Waals surface area (Å²) in [7, 11) is -6.71. The summed E-state index contributed by atoms with van der Waals surface area (Å²) in [6, 6.07) is 17.9. The van der Waals surface area contributed by atoms with Gasteiger partial charge in [0.15, 0.2) is 15.0 Å². The minimum Gasteiger partial charge on any atom is -0.309 e. The highest BCUT2D eigenvalue weighted by atomic mass is 32.2. The number of carbonyl (C=O) groups excluding carboxylic acids is 1. The lowest BCUT2D eigenvalue weighted by Crippen LogP contribution is -2.17. The summed E-state index contributed by atoms with van der Waals surface area (Å²) >= 11 is 1.20. The van der Waals surface area contributed by atoms with Crippen LogP contribution in [0.5, 0.6) is 0 Å². The molecule has 0 spiro atoms. The number of benzene rings is 2. The van der Waals surface area contributed by atoms with Crippen LogP contribution in [-0.2, 0) is 42.5 Å². The first-order valence-electron chi connectivity index (χ1n) is 12.7. The van der Waals surface area contributed by atoms with Crippen LogP contribution < -0.4 is 5.32 Å². The lowest BCUT2D eigenvalue weighted by molar-refractivity contribution is 0.101. The molecule has 0 aliphatic rings. The molecule has 4 rings (SSSR count). The maximum absolute atomic E-state index is 13.4. The van der Waals surface area contributed by atoms with Crippen molar-refractivity contribution in [2.75, 3.05) is 24.8 Å². The van der Waals surface area contributed by atoms with Crippen molar-refractivity contribution < 1.29 is 26.8 Å². The Morgan fingerprint density at radius 2 is 1.68 bits per heavy atom. The summed E-state index contributed by atoms with van der Waals surface area (Å²) in [4.78, 5) is 18.0. The van der Waals surface area contributed by atoms with E-state index in [0.29, 0.717) is 28.6 Å². The van der Waals surface area contributed by atoms with Gasteiger partial charge >= 0.3 is 7.60 Å². The number of sulfone groups is 1. The highest BCUT2D eigenvalue weighted by molar-refractivity contribution is 7.90. The third-order valence-corrected chi connectivity index (χ3v) is 9.74. The third kappa shape index (κ3) is 7.74.